The zero-order chi connectivity index (χ0) is 9.84. The van der Waals surface area contributed by atoms with Crippen molar-refractivity contribution in [2.45, 2.75) is 40.5 Å². The van der Waals surface area contributed by atoms with Crippen molar-refractivity contribution in [3.63, 3.8) is 0 Å². The molecule has 0 atom stereocenters. The van der Waals surface area contributed by atoms with Crippen molar-refractivity contribution in [1.82, 2.24) is 0 Å². The highest BCUT2D eigenvalue weighted by atomic mass is 14.1. The van der Waals surface area contributed by atoms with Gasteiger partial charge in [0.05, 0.1) is 0 Å². The van der Waals surface area contributed by atoms with Gasteiger partial charge in [-0.05, 0) is 55.9 Å². The van der Waals surface area contributed by atoms with Crippen LogP contribution in [0.5, 0.6) is 0 Å². The first-order valence-electron chi connectivity index (χ1n) is 5.06. The number of unbranched alkanes of at least 4 members (excludes halogenated alkanes) is 1. The average Bonchev–Trinajstić information content (AvgIpc) is 2.09. The molecule has 0 aromatic heterocycles. The summed E-state index contributed by atoms with van der Waals surface area (Å²) in [5, 5.41) is 0. The summed E-state index contributed by atoms with van der Waals surface area (Å²) in [6.07, 6.45) is 4.75. The van der Waals surface area contributed by atoms with E-state index in [0.717, 1.165) is 0 Å². The molecule has 0 nitrogen and oxygen atoms in total. The molecule has 0 saturated carbocycles. The molecule has 0 unspecified atom stereocenters. The van der Waals surface area contributed by atoms with Gasteiger partial charge in [0.1, 0.15) is 0 Å². The largest absolute Gasteiger partial charge is 0.0654 e. The van der Waals surface area contributed by atoms with Crippen LogP contribution in [0.4, 0.5) is 0 Å². The molecule has 0 heterocycles. The molecule has 1 aromatic carbocycles. The maximum absolute atomic E-state index is 2.34. The molecule has 1 rings (SSSR count). The molecular weight excluding hydrogens is 156 g/mol. The van der Waals surface area contributed by atoms with E-state index in [1.165, 1.54) is 35.1 Å². The summed E-state index contributed by atoms with van der Waals surface area (Å²) in [6, 6.07) is 4.57. The Bertz CT molecular complexity index is 284. The predicted molar refractivity (Wildman–Crippen MR) is 59.0 cm³/mol. The molecule has 0 saturated heterocycles. The first-order valence-corrected chi connectivity index (χ1v) is 5.06. The number of aryl methyl sites for hydroxylation is 3. The van der Waals surface area contributed by atoms with Crippen LogP contribution in [0.3, 0.4) is 0 Å². The third-order valence-electron chi connectivity index (χ3n) is 2.54. The van der Waals surface area contributed by atoms with Crippen molar-refractivity contribution in [1.29, 1.82) is 0 Å². The van der Waals surface area contributed by atoms with Crippen molar-refractivity contribution in [2.75, 3.05) is 0 Å². The van der Waals surface area contributed by atoms with Gasteiger partial charge in [0.2, 0.25) is 0 Å². The Morgan fingerprint density at radius 3 is 2.23 bits per heavy atom. The molecule has 1 radical (unpaired) electrons. The highest BCUT2D eigenvalue weighted by Gasteiger charge is 2.00. The molecule has 0 amide bonds. The van der Waals surface area contributed by atoms with Crippen molar-refractivity contribution >= 4 is 0 Å². The van der Waals surface area contributed by atoms with Gasteiger partial charge in [0.15, 0.2) is 0 Å². The molecule has 0 aliphatic heterocycles. The average molecular weight is 175 g/mol. The van der Waals surface area contributed by atoms with Crippen LogP contribution in [0.2, 0.25) is 0 Å². The van der Waals surface area contributed by atoms with E-state index < -0.39 is 0 Å². The zero-order valence-corrected chi connectivity index (χ0v) is 9.15. The van der Waals surface area contributed by atoms with Gasteiger partial charge in [-0.25, -0.2) is 0 Å². The van der Waals surface area contributed by atoms with E-state index in [9.17, 15) is 0 Å². The van der Waals surface area contributed by atoms with E-state index in [4.69, 9.17) is 0 Å². The quantitative estimate of drug-likeness (QED) is 0.652. The minimum absolute atomic E-state index is 1.18. The van der Waals surface area contributed by atoms with Crippen LogP contribution in [0.15, 0.2) is 12.1 Å². The predicted octanol–water partition coefficient (Wildman–Crippen LogP) is 3.96. The van der Waals surface area contributed by atoms with Crippen molar-refractivity contribution in [2.24, 2.45) is 0 Å². The summed E-state index contributed by atoms with van der Waals surface area (Å²) in [7, 11) is 0. The van der Waals surface area contributed by atoms with Gasteiger partial charge < -0.3 is 0 Å². The Balaban J connectivity index is 2.88. The van der Waals surface area contributed by atoms with E-state index in [1.807, 2.05) is 0 Å². The van der Waals surface area contributed by atoms with Crippen LogP contribution >= 0.6 is 0 Å². The lowest BCUT2D eigenvalue weighted by Gasteiger charge is -2.08. The van der Waals surface area contributed by atoms with Crippen LogP contribution in [0.1, 0.15) is 42.0 Å². The third-order valence-corrected chi connectivity index (χ3v) is 2.54. The van der Waals surface area contributed by atoms with Crippen molar-refractivity contribution < 1.29 is 0 Å². The summed E-state index contributed by atoms with van der Waals surface area (Å²) in [6.45, 7) is 8.75. The fourth-order valence-electron chi connectivity index (χ4n) is 1.50. The van der Waals surface area contributed by atoms with Gasteiger partial charge in [-0.15, -0.1) is 0 Å². The molecule has 71 valence electrons. The minimum Gasteiger partial charge on any atom is -0.0654 e. The molecule has 0 spiro atoms. The lowest BCUT2D eigenvalue weighted by molar-refractivity contribution is 0.910. The van der Waals surface area contributed by atoms with Gasteiger partial charge in [-0.3, -0.25) is 0 Å². The van der Waals surface area contributed by atoms with E-state index in [2.05, 4.69) is 46.2 Å². The van der Waals surface area contributed by atoms with E-state index >= 15 is 0 Å². The van der Waals surface area contributed by atoms with Crippen LogP contribution in [0, 0.1) is 27.2 Å². The smallest absolute Gasteiger partial charge is 0.00904 e. The monoisotopic (exact) mass is 175 g/mol. The van der Waals surface area contributed by atoms with Crippen molar-refractivity contribution in [3.8, 4) is 0 Å². The number of hydrogen-bond acceptors (Lipinski definition) is 0. The molecule has 13 heavy (non-hydrogen) atoms. The fraction of sp³-hybridized carbons (Fsp3) is 0.462. The Hall–Kier alpha value is -0.780. The Morgan fingerprint density at radius 2 is 1.62 bits per heavy atom. The zero-order valence-electron chi connectivity index (χ0n) is 9.15. The maximum atomic E-state index is 2.34. The lowest BCUT2D eigenvalue weighted by atomic mass is 9.97. The molecule has 0 aliphatic rings. The third kappa shape index (κ3) is 2.58. The van der Waals surface area contributed by atoms with Gasteiger partial charge in [-0.1, -0.05) is 25.5 Å². The summed E-state index contributed by atoms with van der Waals surface area (Å²) in [5.41, 5.74) is 5.60. The Labute approximate surface area is 82.0 Å². The topological polar surface area (TPSA) is 0 Å². The molecule has 0 bridgehead atoms. The molecule has 0 heteroatoms. The molecule has 0 fully saturated rings. The maximum Gasteiger partial charge on any atom is -0.00904 e. The molecule has 0 aliphatic carbocycles. The first-order chi connectivity index (χ1) is 6.15. The van der Waals surface area contributed by atoms with E-state index in [0.29, 0.717) is 0 Å². The van der Waals surface area contributed by atoms with Crippen LogP contribution in [-0.2, 0) is 0 Å². The van der Waals surface area contributed by atoms with Crippen LogP contribution in [0.25, 0.3) is 0 Å². The van der Waals surface area contributed by atoms with Crippen LogP contribution in [-0.4, -0.2) is 0 Å². The summed E-state index contributed by atoms with van der Waals surface area (Å²) in [4.78, 5) is 0. The van der Waals surface area contributed by atoms with Gasteiger partial charge in [0, 0.05) is 0 Å². The highest BCUT2D eigenvalue weighted by molar-refractivity contribution is 5.39. The summed E-state index contributed by atoms with van der Waals surface area (Å²) < 4.78 is 0. The van der Waals surface area contributed by atoms with Crippen LogP contribution < -0.4 is 0 Å². The fourth-order valence-corrected chi connectivity index (χ4v) is 1.50. The second-order valence-corrected chi connectivity index (χ2v) is 3.79. The Kier molecular flexibility index (Phi) is 3.53. The summed E-state index contributed by atoms with van der Waals surface area (Å²) in [5.74, 6) is 0. The molecule has 1 aromatic rings. The Morgan fingerprint density at radius 1 is 1.00 bits per heavy atom. The van der Waals surface area contributed by atoms with Crippen molar-refractivity contribution in [3.05, 3.63) is 40.8 Å². The van der Waals surface area contributed by atoms with E-state index in [1.54, 1.807) is 0 Å². The summed E-state index contributed by atoms with van der Waals surface area (Å²) >= 11 is 0. The SMILES string of the molecule is CCC[CH]c1cc(C)c(C)cc1C. The normalized spacial score (nSPS) is 10.5. The number of rotatable bonds is 3. The van der Waals surface area contributed by atoms with Gasteiger partial charge in [0.25, 0.3) is 0 Å². The highest BCUT2D eigenvalue weighted by Crippen LogP contribution is 2.18. The number of hydrogen-bond donors (Lipinski definition) is 0. The second-order valence-electron chi connectivity index (χ2n) is 3.79. The standard InChI is InChI=1S/C13H19/c1-5-6-7-13-9-11(3)10(2)8-12(13)4/h7-9H,5-6H2,1-4H3. The lowest BCUT2D eigenvalue weighted by Crippen LogP contribution is -1.91. The second kappa shape index (κ2) is 4.45. The molecular formula is C13H19. The van der Waals surface area contributed by atoms with E-state index in [-0.39, 0.29) is 0 Å². The molecule has 0 N–H and O–H groups in total. The minimum atomic E-state index is 1.18. The van der Waals surface area contributed by atoms with Gasteiger partial charge >= 0.3 is 0 Å². The number of benzene rings is 1. The van der Waals surface area contributed by atoms with Gasteiger partial charge in [-0.2, -0.15) is 0 Å². The first kappa shape index (κ1) is 10.3.